The summed E-state index contributed by atoms with van der Waals surface area (Å²) in [4.78, 5) is 18.3. The zero-order valence-corrected chi connectivity index (χ0v) is 17.8. The number of amides is 1. The van der Waals surface area contributed by atoms with Gasteiger partial charge in [-0.2, -0.15) is 4.31 Å². The molecule has 1 aromatic carbocycles. The van der Waals surface area contributed by atoms with Crippen LogP contribution in [-0.4, -0.2) is 54.1 Å². The lowest BCUT2D eigenvalue weighted by atomic mass is 10.1. The van der Waals surface area contributed by atoms with E-state index in [-0.39, 0.29) is 4.90 Å². The van der Waals surface area contributed by atoms with Crippen molar-refractivity contribution in [3.05, 3.63) is 36.2 Å². The summed E-state index contributed by atoms with van der Waals surface area (Å²) >= 11 is 0. The Labute approximate surface area is 166 Å². The van der Waals surface area contributed by atoms with Crippen LogP contribution in [0.15, 0.2) is 35.5 Å². The summed E-state index contributed by atoms with van der Waals surface area (Å²) in [6.07, 6.45) is 3.48. The number of carbonyl (C=O) groups is 1. The summed E-state index contributed by atoms with van der Waals surface area (Å²) in [7, 11) is -2.21. The minimum absolute atomic E-state index is 0.245. The Hall–Kier alpha value is -2.19. The summed E-state index contributed by atoms with van der Waals surface area (Å²) in [5.41, 5.74) is 0.154. The Morgan fingerprint density at radius 2 is 2.00 bits per heavy atom. The molecule has 28 heavy (non-hydrogen) atoms. The predicted molar refractivity (Wildman–Crippen MR) is 107 cm³/mol. The van der Waals surface area contributed by atoms with E-state index in [4.69, 9.17) is 4.74 Å². The number of sulfonamides is 1. The van der Waals surface area contributed by atoms with Crippen LogP contribution in [0.2, 0.25) is 0 Å². The van der Waals surface area contributed by atoms with E-state index in [1.165, 1.54) is 9.21 Å². The quantitative estimate of drug-likeness (QED) is 0.781. The third-order valence-electron chi connectivity index (χ3n) is 4.82. The molecule has 152 valence electrons. The first-order valence-electron chi connectivity index (χ1n) is 9.33. The number of nitrogens with zero attached hydrogens (tertiary/aromatic N) is 3. The van der Waals surface area contributed by atoms with Gasteiger partial charge in [-0.3, -0.25) is 9.88 Å². The average Bonchev–Trinajstić information content (AvgIpc) is 3.10. The van der Waals surface area contributed by atoms with Crippen molar-refractivity contribution < 1.29 is 17.9 Å². The highest BCUT2D eigenvalue weighted by molar-refractivity contribution is 7.89. The zero-order valence-electron chi connectivity index (χ0n) is 17.0. The molecule has 8 heteroatoms. The van der Waals surface area contributed by atoms with Crippen LogP contribution in [0.4, 0.5) is 4.79 Å². The first-order chi connectivity index (χ1) is 13.0. The van der Waals surface area contributed by atoms with Gasteiger partial charge in [-0.05, 0) is 52.2 Å². The molecular formula is C20H27N3O4S. The Bertz CT molecular complexity index is 993. The van der Waals surface area contributed by atoms with Gasteiger partial charge in [0.15, 0.2) is 0 Å². The fourth-order valence-corrected chi connectivity index (χ4v) is 5.54. The Balaban J connectivity index is 1.99. The number of benzene rings is 1. The second kappa shape index (κ2) is 7.33. The number of aryl methyl sites for hydroxylation is 1. The molecule has 1 saturated heterocycles. The second-order valence-corrected chi connectivity index (χ2v) is 10.00. The number of carbonyl (C=O) groups excluding carboxylic acids is 1. The van der Waals surface area contributed by atoms with Gasteiger partial charge in [-0.25, -0.2) is 13.2 Å². The fraction of sp³-hybridized carbons (Fsp3) is 0.500. The predicted octanol–water partition coefficient (Wildman–Crippen LogP) is 3.52. The van der Waals surface area contributed by atoms with Crippen LogP contribution in [-0.2, 0) is 14.8 Å². The second-order valence-electron chi connectivity index (χ2n) is 8.14. The standard InChI is InChI=1S/C20H27N3O4S/c1-14-12-21-13-15-8-6-9-16(18(14)15)28(25,26)23-11-7-10-17(23)22(5)19(24)27-20(2,3)4/h6,8-9,12-13,17H,7,10-11H2,1-5H3/t17-/m0/s1. The van der Waals surface area contributed by atoms with Crippen LogP contribution in [0.25, 0.3) is 10.8 Å². The van der Waals surface area contributed by atoms with Crippen LogP contribution in [0, 0.1) is 6.92 Å². The summed E-state index contributed by atoms with van der Waals surface area (Å²) in [5, 5.41) is 1.44. The molecule has 0 spiro atoms. The van der Waals surface area contributed by atoms with Crippen molar-refractivity contribution in [2.45, 2.75) is 57.2 Å². The van der Waals surface area contributed by atoms with Gasteiger partial charge in [-0.1, -0.05) is 12.1 Å². The van der Waals surface area contributed by atoms with Crippen molar-refractivity contribution in [2.75, 3.05) is 13.6 Å². The Morgan fingerprint density at radius 3 is 2.68 bits per heavy atom. The minimum Gasteiger partial charge on any atom is -0.444 e. The van der Waals surface area contributed by atoms with E-state index < -0.39 is 27.9 Å². The molecule has 0 unspecified atom stereocenters. The van der Waals surface area contributed by atoms with Crippen LogP contribution in [0.3, 0.4) is 0 Å². The number of hydrogen-bond acceptors (Lipinski definition) is 5. The lowest BCUT2D eigenvalue weighted by Gasteiger charge is -2.33. The Kier molecular flexibility index (Phi) is 5.38. The first-order valence-corrected chi connectivity index (χ1v) is 10.8. The lowest BCUT2D eigenvalue weighted by molar-refractivity contribution is 0.0144. The lowest BCUT2D eigenvalue weighted by Crippen LogP contribution is -2.49. The minimum atomic E-state index is -3.80. The third kappa shape index (κ3) is 3.84. The molecule has 2 heterocycles. The van der Waals surface area contributed by atoms with Gasteiger partial charge < -0.3 is 4.74 Å². The van der Waals surface area contributed by atoms with Gasteiger partial charge >= 0.3 is 6.09 Å². The molecule has 1 aliphatic rings. The molecule has 0 saturated carbocycles. The number of hydrogen-bond donors (Lipinski definition) is 0. The molecule has 2 aromatic rings. The maximum Gasteiger partial charge on any atom is 0.411 e. The van der Waals surface area contributed by atoms with E-state index in [0.717, 1.165) is 10.9 Å². The van der Waals surface area contributed by atoms with E-state index in [1.54, 1.807) is 52.3 Å². The molecular weight excluding hydrogens is 378 g/mol. The molecule has 0 radical (unpaired) electrons. The van der Waals surface area contributed by atoms with Crippen molar-refractivity contribution >= 4 is 26.9 Å². The highest BCUT2D eigenvalue weighted by atomic mass is 32.2. The van der Waals surface area contributed by atoms with Crippen LogP contribution in [0.1, 0.15) is 39.2 Å². The van der Waals surface area contributed by atoms with E-state index in [1.807, 2.05) is 13.0 Å². The number of pyridine rings is 1. The summed E-state index contributed by atoms with van der Waals surface area (Å²) in [5.74, 6) is 0. The van der Waals surface area contributed by atoms with E-state index >= 15 is 0 Å². The maximum atomic E-state index is 13.6. The van der Waals surface area contributed by atoms with Crippen molar-refractivity contribution in [1.29, 1.82) is 0 Å². The molecule has 0 N–H and O–H groups in total. The topological polar surface area (TPSA) is 79.8 Å². The fourth-order valence-electron chi connectivity index (χ4n) is 3.56. The van der Waals surface area contributed by atoms with Gasteiger partial charge in [0.25, 0.3) is 0 Å². The third-order valence-corrected chi connectivity index (χ3v) is 6.76. The first kappa shape index (κ1) is 20.5. The molecule has 1 aromatic heterocycles. The summed E-state index contributed by atoms with van der Waals surface area (Å²) in [6.45, 7) is 7.57. The number of rotatable bonds is 3. The Morgan fingerprint density at radius 1 is 1.29 bits per heavy atom. The summed E-state index contributed by atoms with van der Waals surface area (Å²) < 4.78 is 33.9. The molecule has 7 nitrogen and oxygen atoms in total. The van der Waals surface area contributed by atoms with Crippen molar-refractivity contribution in [2.24, 2.45) is 0 Å². The van der Waals surface area contributed by atoms with Crippen LogP contribution >= 0.6 is 0 Å². The van der Waals surface area contributed by atoms with Crippen molar-refractivity contribution in [1.82, 2.24) is 14.2 Å². The molecule has 1 fully saturated rings. The smallest absolute Gasteiger partial charge is 0.411 e. The van der Waals surface area contributed by atoms with Gasteiger partial charge in [0.2, 0.25) is 10.0 Å². The van der Waals surface area contributed by atoms with Gasteiger partial charge in [0.05, 0.1) is 4.90 Å². The van der Waals surface area contributed by atoms with E-state index in [2.05, 4.69) is 4.98 Å². The van der Waals surface area contributed by atoms with E-state index in [9.17, 15) is 13.2 Å². The molecule has 0 aliphatic carbocycles. The number of fused-ring (bicyclic) bond motifs is 1. The maximum absolute atomic E-state index is 13.6. The van der Waals surface area contributed by atoms with Crippen molar-refractivity contribution in [3.8, 4) is 0 Å². The van der Waals surface area contributed by atoms with Crippen molar-refractivity contribution in [3.63, 3.8) is 0 Å². The molecule has 1 aliphatic heterocycles. The SMILES string of the molecule is Cc1cncc2cccc(S(=O)(=O)N3CCC[C@H]3N(C)C(=O)OC(C)(C)C)c12. The monoisotopic (exact) mass is 405 g/mol. The average molecular weight is 406 g/mol. The highest BCUT2D eigenvalue weighted by Gasteiger charge is 2.40. The highest BCUT2D eigenvalue weighted by Crippen LogP contribution is 2.33. The molecule has 1 amide bonds. The summed E-state index contributed by atoms with van der Waals surface area (Å²) in [6, 6.07) is 5.19. The zero-order chi connectivity index (χ0) is 20.7. The molecule has 3 rings (SSSR count). The normalized spacial score (nSPS) is 18.4. The van der Waals surface area contributed by atoms with E-state index in [0.29, 0.717) is 24.8 Å². The van der Waals surface area contributed by atoms with Gasteiger partial charge in [0.1, 0.15) is 11.8 Å². The number of aromatic nitrogens is 1. The largest absolute Gasteiger partial charge is 0.444 e. The van der Waals surface area contributed by atoms with Gasteiger partial charge in [0, 0.05) is 36.8 Å². The molecule has 0 bridgehead atoms. The molecule has 1 atom stereocenters. The van der Waals surface area contributed by atoms with Crippen LogP contribution in [0.5, 0.6) is 0 Å². The van der Waals surface area contributed by atoms with Gasteiger partial charge in [-0.15, -0.1) is 0 Å². The van der Waals surface area contributed by atoms with Crippen LogP contribution < -0.4 is 0 Å². The number of ether oxygens (including phenoxy) is 1.